The van der Waals surface area contributed by atoms with Crippen LogP contribution in [0, 0.1) is 0 Å². The second-order valence-electron chi connectivity index (χ2n) is 4.09. The van der Waals surface area contributed by atoms with E-state index in [4.69, 9.17) is 9.66 Å². The first kappa shape index (κ1) is 14.2. The van der Waals surface area contributed by atoms with Gasteiger partial charge in [-0.3, -0.25) is 14.1 Å². The molecular formula is C11H10N2O6S. The van der Waals surface area contributed by atoms with Crippen LogP contribution in [-0.4, -0.2) is 35.7 Å². The zero-order valence-electron chi connectivity index (χ0n) is 10.1. The standard InChI is InChI=1S/C11H10N2O6S/c14-10-5-7(6-11(15)16)12-13(10)8-1-3-9(4-2-8)20(17,18)19/h1-4H,5-6H2,(H,15,16)(H,17,18,19). The maximum Gasteiger partial charge on any atom is 0.309 e. The highest BCUT2D eigenvalue weighted by atomic mass is 32.2. The lowest BCUT2D eigenvalue weighted by Gasteiger charge is -2.11. The lowest BCUT2D eigenvalue weighted by Crippen LogP contribution is -2.19. The number of carbonyl (C=O) groups excluding carboxylic acids is 1. The van der Waals surface area contributed by atoms with Gasteiger partial charge in [-0.1, -0.05) is 0 Å². The normalized spacial score (nSPS) is 15.3. The molecule has 0 unspecified atom stereocenters. The fourth-order valence-electron chi connectivity index (χ4n) is 1.72. The fourth-order valence-corrected chi connectivity index (χ4v) is 2.20. The molecule has 0 aliphatic carbocycles. The Morgan fingerprint density at radius 3 is 2.40 bits per heavy atom. The van der Waals surface area contributed by atoms with Crippen LogP contribution in [0.2, 0.25) is 0 Å². The predicted octanol–water partition coefficient (Wildman–Crippen LogP) is 0.501. The van der Waals surface area contributed by atoms with E-state index in [9.17, 15) is 18.0 Å². The van der Waals surface area contributed by atoms with Crippen LogP contribution in [0.5, 0.6) is 0 Å². The summed E-state index contributed by atoms with van der Waals surface area (Å²) in [6, 6.07) is 4.85. The van der Waals surface area contributed by atoms with Gasteiger partial charge in [-0.25, -0.2) is 5.01 Å². The molecule has 2 rings (SSSR count). The van der Waals surface area contributed by atoms with Gasteiger partial charge in [0.1, 0.15) is 0 Å². The number of rotatable bonds is 4. The van der Waals surface area contributed by atoms with Gasteiger partial charge in [-0.05, 0) is 24.3 Å². The molecule has 0 bridgehead atoms. The van der Waals surface area contributed by atoms with Crippen molar-refractivity contribution in [1.29, 1.82) is 0 Å². The third-order valence-corrected chi connectivity index (χ3v) is 3.44. The molecule has 1 amide bonds. The van der Waals surface area contributed by atoms with Crippen molar-refractivity contribution in [2.75, 3.05) is 5.01 Å². The minimum Gasteiger partial charge on any atom is -0.481 e. The van der Waals surface area contributed by atoms with E-state index < -0.39 is 22.0 Å². The Morgan fingerprint density at radius 2 is 1.90 bits per heavy atom. The van der Waals surface area contributed by atoms with Crippen LogP contribution in [0.4, 0.5) is 5.69 Å². The Labute approximate surface area is 114 Å². The topological polar surface area (TPSA) is 124 Å². The molecule has 2 N–H and O–H groups in total. The summed E-state index contributed by atoms with van der Waals surface area (Å²) in [6.45, 7) is 0. The van der Waals surface area contributed by atoms with Gasteiger partial charge in [0.05, 0.1) is 29.1 Å². The van der Waals surface area contributed by atoms with E-state index in [0.29, 0.717) is 5.69 Å². The van der Waals surface area contributed by atoms with Crippen molar-refractivity contribution in [3.63, 3.8) is 0 Å². The number of hydrogen-bond donors (Lipinski definition) is 2. The summed E-state index contributed by atoms with van der Waals surface area (Å²) in [5, 5.41) is 13.5. The van der Waals surface area contributed by atoms with E-state index in [0.717, 1.165) is 17.1 Å². The largest absolute Gasteiger partial charge is 0.481 e. The van der Waals surface area contributed by atoms with Crippen LogP contribution in [0.15, 0.2) is 34.3 Å². The summed E-state index contributed by atoms with van der Waals surface area (Å²) in [6.07, 6.45) is -0.419. The molecular weight excluding hydrogens is 288 g/mol. The number of aliphatic carboxylic acids is 1. The van der Waals surface area contributed by atoms with Crippen LogP contribution in [0.1, 0.15) is 12.8 Å². The van der Waals surface area contributed by atoms with Crippen LogP contribution in [-0.2, 0) is 19.7 Å². The molecule has 20 heavy (non-hydrogen) atoms. The van der Waals surface area contributed by atoms with Gasteiger partial charge in [0.2, 0.25) is 0 Å². The van der Waals surface area contributed by atoms with Gasteiger partial charge in [-0.15, -0.1) is 0 Å². The second kappa shape index (κ2) is 5.02. The highest BCUT2D eigenvalue weighted by molar-refractivity contribution is 7.85. The molecule has 1 aliphatic heterocycles. The average Bonchev–Trinajstić information content (AvgIpc) is 2.68. The van der Waals surface area contributed by atoms with E-state index in [1.54, 1.807) is 0 Å². The van der Waals surface area contributed by atoms with Crippen molar-refractivity contribution in [3.8, 4) is 0 Å². The van der Waals surface area contributed by atoms with E-state index >= 15 is 0 Å². The first-order valence-corrected chi connectivity index (χ1v) is 6.90. The summed E-state index contributed by atoms with van der Waals surface area (Å²) in [7, 11) is -4.30. The predicted molar refractivity (Wildman–Crippen MR) is 68.0 cm³/mol. The number of hydrazone groups is 1. The molecule has 0 radical (unpaired) electrons. The van der Waals surface area contributed by atoms with Gasteiger partial charge >= 0.3 is 5.97 Å². The quantitative estimate of drug-likeness (QED) is 0.780. The van der Waals surface area contributed by atoms with Crippen molar-refractivity contribution in [2.24, 2.45) is 5.10 Å². The molecule has 8 nitrogen and oxygen atoms in total. The molecule has 1 aliphatic rings. The van der Waals surface area contributed by atoms with Gasteiger partial charge in [0.15, 0.2) is 0 Å². The third kappa shape index (κ3) is 3.00. The molecule has 0 atom stereocenters. The third-order valence-electron chi connectivity index (χ3n) is 2.57. The fraction of sp³-hybridized carbons (Fsp3) is 0.182. The minimum atomic E-state index is -4.30. The molecule has 0 aromatic heterocycles. The zero-order chi connectivity index (χ0) is 14.9. The Morgan fingerprint density at radius 1 is 1.30 bits per heavy atom. The monoisotopic (exact) mass is 298 g/mol. The van der Waals surface area contributed by atoms with Gasteiger partial charge in [-0.2, -0.15) is 13.5 Å². The van der Waals surface area contributed by atoms with E-state index in [1.807, 2.05) is 0 Å². The Balaban J connectivity index is 2.26. The number of anilines is 1. The lowest BCUT2D eigenvalue weighted by molar-refractivity contribution is -0.135. The van der Waals surface area contributed by atoms with Crippen molar-refractivity contribution in [3.05, 3.63) is 24.3 Å². The van der Waals surface area contributed by atoms with Crippen molar-refractivity contribution < 1.29 is 27.7 Å². The van der Waals surface area contributed by atoms with Crippen molar-refractivity contribution in [1.82, 2.24) is 0 Å². The minimum absolute atomic E-state index is 0.0909. The molecule has 1 heterocycles. The summed E-state index contributed by atoms with van der Waals surface area (Å²) < 4.78 is 30.6. The first-order valence-electron chi connectivity index (χ1n) is 5.46. The maximum absolute atomic E-state index is 11.7. The van der Waals surface area contributed by atoms with E-state index in [-0.39, 0.29) is 23.4 Å². The van der Waals surface area contributed by atoms with Crippen LogP contribution < -0.4 is 5.01 Å². The zero-order valence-corrected chi connectivity index (χ0v) is 10.9. The summed E-state index contributed by atoms with van der Waals surface area (Å²) in [5.41, 5.74) is 0.518. The molecule has 0 saturated carbocycles. The average molecular weight is 298 g/mol. The summed E-state index contributed by atoms with van der Waals surface area (Å²) in [5.74, 6) is -1.49. The number of amides is 1. The smallest absolute Gasteiger partial charge is 0.309 e. The van der Waals surface area contributed by atoms with Gasteiger partial charge < -0.3 is 5.11 Å². The highest BCUT2D eigenvalue weighted by Gasteiger charge is 2.26. The van der Waals surface area contributed by atoms with Crippen LogP contribution in [0.3, 0.4) is 0 Å². The van der Waals surface area contributed by atoms with Crippen molar-refractivity contribution >= 4 is 33.4 Å². The van der Waals surface area contributed by atoms with E-state index in [1.165, 1.54) is 12.1 Å². The maximum atomic E-state index is 11.7. The molecule has 9 heteroatoms. The second-order valence-corrected chi connectivity index (χ2v) is 5.51. The Bertz CT molecular complexity index is 692. The van der Waals surface area contributed by atoms with Crippen molar-refractivity contribution in [2.45, 2.75) is 17.7 Å². The van der Waals surface area contributed by atoms with E-state index in [2.05, 4.69) is 5.10 Å². The molecule has 0 fully saturated rings. The summed E-state index contributed by atoms with van der Waals surface area (Å²) in [4.78, 5) is 22.0. The number of carboxylic acid groups (broad SMARTS) is 1. The Hall–Kier alpha value is -2.26. The molecule has 0 spiro atoms. The number of carboxylic acids is 1. The first-order chi connectivity index (χ1) is 9.27. The molecule has 106 valence electrons. The Kier molecular flexibility index (Phi) is 3.55. The number of nitrogens with zero attached hydrogens (tertiary/aromatic N) is 2. The highest BCUT2D eigenvalue weighted by Crippen LogP contribution is 2.23. The van der Waals surface area contributed by atoms with Gasteiger partial charge in [0.25, 0.3) is 16.0 Å². The number of carbonyl (C=O) groups is 2. The summed E-state index contributed by atoms with van der Waals surface area (Å²) >= 11 is 0. The number of benzene rings is 1. The number of hydrogen-bond acceptors (Lipinski definition) is 5. The lowest BCUT2D eigenvalue weighted by atomic mass is 10.2. The molecule has 1 aromatic carbocycles. The van der Waals surface area contributed by atoms with Gasteiger partial charge in [0, 0.05) is 0 Å². The molecule has 0 saturated heterocycles. The van der Waals surface area contributed by atoms with Crippen LogP contribution >= 0.6 is 0 Å². The SMILES string of the molecule is O=C(O)CC1=NN(c2ccc(S(=O)(=O)O)cc2)C(=O)C1. The molecule has 1 aromatic rings. The van der Waals surface area contributed by atoms with Crippen LogP contribution in [0.25, 0.3) is 0 Å².